The van der Waals surface area contributed by atoms with Crippen LogP contribution in [0.4, 0.5) is 5.13 Å². The molecule has 3 nitrogen and oxygen atoms in total. The molecule has 0 saturated heterocycles. The predicted molar refractivity (Wildman–Crippen MR) is 76.8 cm³/mol. The first-order valence-electron chi connectivity index (χ1n) is 5.56. The van der Waals surface area contributed by atoms with E-state index < -0.39 is 0 Å². The van der Waals surface area contributed by atoms with E-state index in [2.05, 4.69) is 11.1 Å². The number of benzene rings is 1. The van der Waals surface area contributed by atoms with Crippen LogP contribution in [0.2, 0.25) is 5.02 Å². The highest BCUT2D eigenvalue weighted by Crippen LogP contribution is 2.31. The van der Waals surface area contributed by atoms with E-state index in [1.807, 2.05) is 19.9 Å². The minimum Gasteiger partial charge on any atom is -0.496 e. The lowest BCUT2D eigenvalue weighted by molar-refractivity contribution is 0.410. The first-order chi connectivity index (χ1) is 8.51. The lowest BCUT2D eigenvalue weighted by Crippen LogP contribution is -1.95. The maximum atomic E-state index is 6.09. The van der Waals surface area contributed by atoms with Crippen LogP contribution in [0.3, 0.4) is 0 Å². The van der Waals surface area contributed by atoms with E-state index in [1.165, 1.54) is 11.3 Å². The van der Waals surface area contributed by atoms with E-state index in [0.717, 1.165) is 38.9 Å². The van der Waals surface area contributed by atoms with Gasteiger partial charge in [0.05, 0.1) is 12.8 Å². The Bertz CT molecular complexity index is 581. The third-order valence-electron chi connectivity index (χ3n) is 2.82. The molecule has 0 saturated carbocycles. The zero-order chi connectivity index (χ0) is 13.3. The zero-order valence-electron chi connectivity index (χ0n) is 10.6. The summed E-state index contributed by atoms with van der Waals surface area (Å²) in [5.74, 6) is 0.803. The van der Waals surface area contributed by atoms with E-state index in [0.29, 0.717) is 5.13 Å². The molecule has 0 aliphatic carbocycles. The van der Waals surface area contributed by atoms with Crippen molar-refractivity contribution in [1.82, 2.24) is 4.98 Å². The number of aromatic nitrogens is 1. The average molecular weight is 283 g/mol. The predicted octanol–water partition coefficient (Wildman–Crippen LogP) is 3.59. The fraction of sp³-hybridized carbons (Fsp3) is 0.308. The van der Waals surface area contributed by atoms with Crippen LogP contribution in [0.1, 0.15) is 21.7 Å². The Hall–Kier alpha value is -1.26. The Morgan fingerprint density at radius 2 is 2.11 bits per heavy atom. The van der Waals surface area contributed by atoms with Crippen LogP contribution in [0, 0.1) is 13.8 Å². The Balaban J connectivity index is 2.39. The van der Waals surface area contributed by atoms with Crippen molar-refractivity contribution in [2.45, 2.75) is 20.3 Å². The number of methoxy groups -OCH3 is 1. The van der Waals surface area contributed by atoms with Gasteiger partial charge in [0.2, 0.25) is 0 Å². The van der Waals surface area contributed by atoms with Crippen molar-refractivity contribution < 1.29 is 4.74 Å². The number of nitrogens with two attached hydrogens (primary N) is 1. The first kappa shape index (κ1) is 13.2. The fourth-order valence-electron chi connectivity index (χ4n) is 1.84. The molecule has 18 heavy (non-hydrogen) atoms. The normalized spacial score (nSPS) is 10.7. The van der Waals surface area contributed by atoms with Gasteiger partial charge in [0.15, 0.2) is 5.13 Å². The van der Waals surface area contributed by atoms with Gasteiger partial charge in [0.25, 0.3) is 0 Å². The molecule has 1 heterocycles. The lowest BCUT2D eigenvalue weighted by atomic mass is 10.1. The zero-order valence-corrected chi connectivity index (χ0v) is 12.2. The molecule has 2 rings (SSSR count). The first-order valence-corrected chi connectivity index (χ1v) is 6.75. The summed E-state index contributed by atoms with van der Waals surface area (Å²) in [6.45, 7) is 3.95. The minimum absolute atomic E-state index is 0.604. The largest absolute Gasteiger partial charge is 0.496 e. The van der Waals surface area contributed by atoms with Gasteiger partial charge in [-0.05, 0) is 31.0 Å². The molecule has 0 aliphatic rings. The molecular formula is C13H15ClN2OS. The summed E-state index contributed by atoms with van der Waals surface area (Å²) >= 11 is 7.61. The van der Waals surface area contributed by atoms with Gasteiger partial charge in [0, 0.05) is 16.3 Å². The maximum absolute atomic E-state index is 6.09. The summed E-state index contributed by atoms with van der Waals surface area (Å²) in [5, 5.41) is 1.32. The van der Waals surface area contributed by atoms with Crippen molar-refractivity contribution in [3.8, 4) is 5.75 Å². The van der Waals surface area contributed by atoms with Crippen molar-refractivity contribution >= 4 is 28.1 Å². The summed E-state index contributed by atoms with van der Waals surface area (Å²) in [5.41, 5.74) is 8.84. The van der Waals surface area contributed by atoms with Crippen molar-refractivity contribution in [3.63, 3.8) is 0 Å². The number of rotatable bonds is 3. The second-order valence-electron chi connectivity index (χ2n) is 4.15. The third-order valence-corrected chi connectivity index (χ3v) is 4.22. The summed E-state index contributed by atoms with van der Waals surface area (Å²) in [4.78, 5) is 5.39. The number of nitrogens with zero attached hydrogens (tertiary/aromatic N) is 1. The molecule has 0 atom stereocenters. The standard InChI is InChI=1S/C13H15ClN2OS/c1-7-4-9(11(17-3)6-10(7)14)5-12-8(2)16-13(15)18-12/h4,6H,5H2,1-3H3,(H2,15,16). The van der Waals surface area contributed by atoms with Gasteiger partial charge >= 0.3 is 0 Å². The Labute approximate surface area is 116 Å². The highest BCUT2D eigenvalue weighted by molar-refractivity contribution is 7.15. The van der Waals surface area contributed by atoms with Crippen molar-refractivity contribution in [3.05, 3.63) is 38.9 Å². The molecule has 5 heteroatoms. The number of nitrogen functional groups attached to an aromatic ring is 1. The molecule has 0 radical (unpaired) electrons. The van der Waals surface area contributed by atoms with Crippen molar-refractivity contribution in [1.29, 1.82) is 0 Å². The van der Waals surface area contributed by atoms with Gasteiger partial charge in [-0.25, -0.2) is 4.98 Å². The topological polar surface area (TPSA) is 48.1 Å². The van der Waals surface area contributed by atoms with Gasteiger partial charge in [0.1, 0.15) is 5.75 Å². The van der Waals surface area contributed by atoms with Crippen LogP contribution in [0.15, 0.2) is 12.1 Å². The quantitative estimate of drug-likeness (QED) is 0.936. The van der Waals surface area contributed by atoms with Crippen LogP contribution in [-0.4, -0.2) is 12.1 Å². The number of hydrogen-bond acceptors (Lipinski definition) is 4. The van der Waals surface area contributed by atoms with Crippen LogP contribution in [-0.2, 0) is 6.42 Å². The second-order valence-corrected chi connectivity index (χ2v) is 5.67. The van der Waals surface area contributed by atoms with Gasteiger partial charge < -0.3 is 10.5 Å². The summed E-state index contributed by atoms with van der Waals surface area (Å²) < 4.78 is 5.37. The van der Waals surface area contributed by atoms with E-state index in [4.69, 9.17) is 22.1 Å². The Morgan fingerprint density at radius 3 is 2.67 bits per heavy atom. The number of ether oxygens (including phenoxy) is 1. The Kier molecular flexibility index (Phi) is 3.78. The van der Waals surface area contributed by atoms with Gasteiger partial charge in [-0.15, -0.1) is 11.3 Å². The van der Waals surface area contributed by atoms with E-state index in [9.17, 15) is 0 Å². The molecule has 0 amide bonds. The van der Waals surface area contributed by atoms with Crippen LogP contribution >= 0.6 is 22.9 Å². The van der Waals surface area contributed by atoms with E-state index >= 15 is 0 Å². The second kappa shape index (κ2) is 5.16. The van der Waals surface area contributed by atoms with Gasteiger partial charge in [-0.1, -0.05) is 17.7 Å². The van der Waals surface area contributed by atoms with Crippen molar-refractivity contribution in [2.75, 3.05) is 12.8 Å². The molecule has 0 aliphatic heterocycles. The highest BCUT2D eigenvalue weighted by Gasteiger charge is 2.12. The fourth-order valence-corrected chi connectivity index (χ4v) is 2.85. The molecule has 2 aromatic rings. The number of aryl methyl sites for hydroxylation is 2. The number of halogens is 1. The Morgan fingerprint density at radius 1 is 1.39 bits per heavy atom. The maximum Gasteiger partial charge on any atom is 0.180 e. The molecule has 2 N–H and O–H groups in total. The summed E-state index contributed by atoms with van der Waals surface area (Å²) in [6.07, 6.45) is 0.766. The van der Waals surface area contributed by atoms with Gasteiger partial charge in [-0.3, -0.25) is 0 Å². The molecule has 1 aromatic heterocycles. The number of anilines is 1. The van der Waals surface area contributed by atoms with Crippen LogP contribution in [0.5, 0.6) is 5.75 Å². The number of thiazole rings is 1. The van der Waals surface area contributed by atoms with Gasteiger partial charge in [-0.2, -0.15) is 0 Å². The molecule has 0 spiro atoms. The summed E-state index contributed by atoms with van der Waals surface area (Å²) in [6, 6.07) is 3.91. The highest BCUT2D eigenvalue weighted by atomic mass is 35.5. The molecular weight excluding hydrogens is 268 g/mol. The molecule has 0 fully saturated rings. The average Bonchev–Trinajstić information content (AvgIpc) is 2.62. The molecule has 0 unspecified atom stereocenters. The molecule has 96 valence electrons. The summed E-state index contributed by atoms with van der Waals surface area (Å²) in [7, 11) is 1.65. The smallest absolute Gasteiger partial charge is 0.180 e. The molecule has 0 bridgehead atoms. The molecule has 1 aromatic carbocycles. The minimum atomic E-state index is 0.604. The van der Waals surface area contributed by atoms with E-state index in [1.54, 1.807) is 7.11 Å². The SMILES string of the molecule is COc1cc(Cl)c(C)cc1Cc1sc(N)nc1C. The van der Waals surface area contributed by atoms with E-state index in [-0.39, 0.29) is 0 Å². The third kappa shape index (κ3) is 2.60. The van der Waals surface area contributed by atoms with Crippen LogP contribution < -0.4 is 10.5 Å². The monoisotopic (exact) mass is 282 g/mol. The number of hydrogen-bond donors (Lipinski definition) is 1. The lowest BCUT2D eigenvalue weighted by Gasteiger charge is -2.10. The van der Waals surface area contributed by atoms with Crippen LogP contribution in [0.25, 0.3) is 0 Å². The van der Waals surface area contributed by atoms with Crippen molar-refractivity contribution in [2.24, 2.45) is 0 Å².